The molecule has 1 amide bonds. The van der Waals surface area contributed by atoms with Gasteiger partial charge in [-0.2, -0.15) is 0 Å². The third-order valence-electron chi connectivity index (χ3n) is 8.07. The van der Waals surface area contributed by atoms with Crippen LogP contribution in [-0.2, 0) is 12.8 Å². The number of aromatic nitrogens is 1. The number of nitrogens with zero attached hydrogens (tertiary/aromatic N) is 2. The number of quaternary nitrogens is 1. The van der Waals surface area contributed by atoms with Crippen LogP contribution >= 0.6 is 0 Å². The number of nitrogens with two attached hydrogens (primary N) is 1. The Kier molecular flexibility index (Phi) is 9.59. The average molecular weight is 539 g/mol. The number of amides is 1. The SMILES string of the molecule is CCCCc1cc2ccccc2c(OCC[N+](C)(C)[C@H](CC)c2ccc(C(N)=O)c(CC)c2-c2ccccc2)n1. The van der Waals surface area contributed by atoms with E-state index in [9.17, 15) is 4.79 Å². The molecule has 0 saturated carbocycles. The molecule has 2 N–H and O–H groups in total. The molecule has 0 radical (unpaired) electrons. The molecule has 1 atom stereocenters. The number of fused-ring (bicyclic) bond motifs is 1. The van der Waals surface area contributed by atoms with Crippen molar-refractivity contribution in [1.29, 1.82) is 0 Å². The molecular formula is C35H44N3O2+. The van der Waals surface area contributed by atoms with Crippen LogP contribution in [0, 0.1) is 0 Å². The van der Waals surface area contributed by atoms with Crippen LogP contribution in [0.1, 0.15) is 73.3 Å². The Hall–Kier alpha value is -3.70. The lowest BCUT2D eigenvalue weighted by Gasteiger charge is -2.39. The second-order valence-electron chi connectivity index (χ2n) is 11.2. The highest BCUT2D eigenvalue weighted by molar-refractivity contribution is 5.97. The van der Waals surface area contributed by atoms with Gasteiger partial charge in [0.2, 0.25) is 11.8 Å². The number of hydrogen-bond acceptors (Lipinski definition) is 3. The van der Waals surface area contributed by atoms with Crippen LogP contribution in [0.25, 0.3) is 21.9 Å². The monoisotopic (exact) mass is 538 g/mol. The summed E-state index contributed by atoms with van der Waals surface area (Å²) in [5.41, 5.74) is 12.0. The number of carbonyl (C=O) groups is 1. The topological polar surface area (TPSA) is 65.2 Å². The van der Waals surface area contributed by atoms with Gasteiger partial charge in [0, 0.05) is 28.6 Å². The first-order valence-electron chi connectivity index (χ1n) is 14.7. The first kappa shape index (κ1) is 29.3. The van der Waals surface area contributed by atoms with Gasteiger partial charge in [-0.1, -0.05) is 81.8 Å². The zero-order valence-corrected chi connectivity index (χ0v) is 24.7. The van der Waals surface area contributed by atoms with Crippen molar-refractivity contribution in [3.63, 3.8) is 0 Å². The summed E-state index contributed by atoms with van der Waals surface area (Å²) in [4.78, 5) is 17.3. The number of unbranched alkanes of at least 4 members (excludes halogenated alkanes) is 1. The molecule has 3 aromatic carbocycles. The van der Waals surface area contributed by atoms with Crippen molar-refractivity contribution in [3.8, 4) is 17.0 Å². The Morgan fingerprint density at radius 2 is 1.70 bits per heavy atom. The molecular weight excluding hydrogens is 494 g/mol. The number of rotatable bonds is 13. The molecule has 5 heteroatoms. The molecule has 0 aliphatic carbocycles. The Morgan fingerprint density at radius 3 is 2.38 bits per heavy atom. The minimum absolute atomic E-state index is 0.201. The molecule has 0 bridgehead atoms. The maximum atomic E-state index is 12.4. The van der Waals surface area contributed by atoms with Crippen molar-refractivity contribution in [2.24, 2.45) is 5.73 Å². The van der Waals surface area contributed by atoms with Gasteiger partial charge in [-0.05, 0) is 59.5 Å². The summed E-state index contributed by atoms with van der Waals surface area (Å²) >= 11 is 0. The molecule has 1 aromatic heterocycles. The van der Waals surface area contributed by atoms with Gasteiger partial charge >= 0.3 is 0 Å². The molecule has 0 saturated heterocycles. The molecule has 0 aliphatic heterocycles. The summed E-state index contributed by atoms with van der Waals surface area (Å²) in [6.45, 7) is 7.90. The van der Waals surface area contributed by atoms with Crippen LogP contribution in [0.15, 0.2) is 72.8 Å². The molecule has 0 aliphatic rings. The lowest BCUT2D eigenvalue weighted by molar-refractivity contribution is -0.921. The number of hydrogen-bond donors (Lipinski definition) is 1. The number of primary amides is 1. The lowest BCUT2D eigenvalue weighted by Crippen LogP contribution is -2.46. The second kappa shape index (κ2) is 13.1. The number of carbonyl (C=O) groups excluding carboxylic acids is 1. The van der Waals surface area contributed by atoms with Crippen molar-refractivity contribution in [1.82, 2.24) is 4.98 Å². The van der Waals surface area contributed by atoms with E-state index in [4.69, 9.17) is 15.5 Å². The Morgan fingerprint density at radius 1 is 0.975 bits per heavy atom. The van der Waals surface area contributed by atoms with Gasteiger partial charge in [-0.25, -0.2) is 4.98 Å². The third kappa shape index (κ3) is 6.37. The quantitative estimate of drug-likeness (QED) is 0.179. The van der Waals surface area contributed by atoms with Crippen LogP contribution in [0.5, 0.6) is 5.88 Å². The summed E-state index contributed by atoms with van der Waals surface area (Å²) in [6.07, 6.45) is 4.89. The summed E-state index contributed by atoms with van der Waals surface area (Å²) in [6, 6.07) is 25.1. The van der Waals surface area contributed by atoms with Gasteiger partial charge in [-0.3, -0.25) is 4.79 Å². The minimum atomic E-state index is -0.378. The molecule has 4 aromatic rings. The fourth-order valence-corrected chi connectivity index (χ4v) is 5.93. The van der Waals surface area contributed by atoms with Crippen molar-refractivity contribution < 1.29 is 14.0 Å². The first-order chi connectivity index (χ1) is 19.3. The van der Waals surface area contributed by atoms with E-state index in [1.165, 1.54) is 10.9 Å². The largest absolute Gasteiger partial charge is 0.471 e. The van der Waals surface area contributed by atoms with E-state index < -0.39 is 0 Å². The molecule has 210 valence electrons. The van der Waals surface area contributed by atoms with Gasteiger partial charge in [-0.15, -0.1) is 0 Å². The Balaban J connectivity index is 1.65. The summed E-state index contributed by atoms with van der Waals surface area (Å²) < 4.78 is 7.17. The van der Waals surface area contributed by atoms with Gasteiger partial charge < -0.3 is 15.0 Å². The highest BCUT2D eigenvalue weighted by Crippen LogP contribution is 2.39. The number of pyridine rings is 1. The summed E-state index contributed by atoms with van der Waals surface area (Å²) in [5, 5.41) is 2.23. The molecule has 0 spiro atoms. The predicted octanol–water partition coefficient (Wildman–Crippen LogP) is 7.51. The van der Waals surface area contributed by atoms with Crippen LogP contribution < -0.4 is 10.5 Å². The minimum Gasteiger partial charge on any atom is -0.471 e. The summed E-state index contributed by atoms with van der Waals surface area (Å²) in [5.74, 6) is 0.345. The molecule has 0 fully saturated rings. The Bertz CT molecular complexity index is 1450. The average Bonchev–Trinajstić information content (AvgIpc) is 2.96. The van der Waals surface area contributed by atoms with Crippen LogP contribution in [0.2, 0.25) is 0 Å². The van der Waals surface area contributed by atoms with E-state index >= 15 is 0 Å². The van der Waals surface area contributed by atoms with Gasteiger partial charge in [0.15, 0.2) is 0 Å². The molecule has 1 heterocycles. The molecule has 4 rings (SSSR count). The molecule has 40 heavy (non-hydrogen) atoms. The van der Waals surface area contributed by atoms with Crippen molar-refractivity contribution in [2.45, 2.75) is 58.9 Å². The van der Waals surface area contributed by atoms with Crippen LogP contribution in [0.4, 0.5) is 0 Å². The first-order valence-corrected chi connectivity index (χ1v) is 14.7. The lowest BCUT2D eigenvalue weighted by atomic mass is 9.85. The normalized spacial score (nSPS) is 12.4. The number of ether oxygens (including phenoxy) is 1. The Labute approximate surface area is 239 Å². The van der Waals surface area contributed by atoms with Gasteiger partial charge in [0.25, 0.3) is 0 Å². The van der Waals surface area contributed by atoms with Crippen molar-refractivity contribution in [2.75, 3.05) is 27.2 Å². The van der Waals surface area contributed by atoms with Gasteiger partial charge in [0.05, 0.1) is 14.1 Å². The highest BCUT2D eigenvalue weighted by Gasteiger charge is 2.32. The maximum absolute atomic E-state index is 12.4. The number of aryl methyl sites for hydroxylation is 1. The van der Waals surface area contributed by atoms with E-state index in [0.29, 0.717) is 12.2 Å². The summed E-state index contributed by atoms with van der Waals surface area (Å²) in [7, 11) is 4.53. The highest BCUT2D eigenvalue weighted by atomic mass is 16.5. The van der Waals surface area contributed by atoms with Crippen molar-refractivity contribution >= 4 is 16.7 Å². The fraction of sp³-hybridized carbons (Fsp3) is 0.371. The molecule has 0 unspecified atom stereocenters. The maximum Gasteiger partial charge on any atom is 0.248 e. The van der Waals surface area contributed by atoms with E-state index in [1.807, 2.05) is 18.2 Å². The zero-order valence-electron chi connectivity index (χ0n) is 24.7. The third-order valence-corrected chi connectivity index (χ3v) is 8.07. The zero-order chi connectivity index (χ0) is 28.7. The number of likely N-dealkylation sites (N-methyl/N-ethyl adjacent to an activating group) is 1. The van der Waals surface area contributed by atoms with Gasteiger partial charge in [0.1, 0.15) is 19.2 Å². The smallest absolute Gasteiger partial charge is 0.248 e. The second-order valence-corrected chi connectivity index (χ2v) is 11.2. The van der Waals surface area contributed by atoms with E-state index in [-0.39, 0.29) is 11.9 Å². The van der Waals surface area contributed by atoms with E-state index in [0.717, 1.165) is 76.8 Å². The number of benzene rings is 3. The van der Waals surface area contributed by atoms with E-state index in [2.05, 4.69) is 89.5 Å². The van der Waals surface area contributed by atoms with Crippen LogP contribution in [0.3, 0.4) is 0 Å². The van der Waals surface area contributed by atoms with Crippen LogP contribution in [-0.4, -0.2) is 42.6 Å². The van der Waals surface area contributed by atoms with E-state index in [1.54, 1.807) is 0 Å². The van der Waals surface area contributed by atoms with Crippen molar-refractivity contribution in [3.05, 3.63) is 95.2 Å². The predicted molar refractivity (Wildman–Crippen MR) is 166 cm³/mol. The molecule has 5 nitrogen and oxygen atoms in total. The standard InChI is InChI=1S/C35H43N3O2/c1-6-9-18-27-24-26-17-13-14-19-29(26)35(37-27)40-23-22-38(4,5)32(8-3)31-21-20-30(34(36)39)28(7-2)33(31)25-15-11-10-12-16-25/h10-17,19-21,24,32H,6-9,18,22-23H2,1-5H3,(H-,36,39)/p+1/t32-/m1/s1. The fourth-order valence-electron chi connectivity index (χ4n) is 5.93.